The zero-order valence-electron chi connectivity index (χ0n) is 8.93. The summed E-state index contributed by atoms with van der Waals surface area (Å²) in [7, 11) is 0. The molecule has 0 aliphatic heterocycles. The molecule has 0 heterocycles. The van der Waals surface area contributed by atoms with Crippen molar-refractivity contribution in [2.45, 2.75) is 6.92 Å². The Labute approximate surface area is 102 Å². The number of benzene rings is 1. The molecule has 0 atom stereocenters. The lowest BCUT2D eigenvalue weighted by Gasteiger charge is -2.06. The van der Waals surface area contributed by atoms with Gasteiger partial charge in [-0.25, -0.2) is 4.39 Å². The van der Waals surface area contributed by atoms with Gasteiger partial charge in [0.25, 0.3) is 5.91 Å². The molecule has 3 nitrogen and oxygen atoms in total. The lowest BCUT2D eigenvalue weighted by molar-refractivity contribution is 0.0921. The van der Waals surface area contributed by atoms with Gasteiger partial charge < -0.3 is 10.1 Å². The highest BCUT2D eigenvalue weighted by Crippen LogP contribution is 2.17. The fourth-order valence-electron chi connectivity index (χ4n) is 1.15. The third kappa shape index (κ3) is 3.90. The van der Waals surface area contributed by atoms with E-state index in [1.807, 2.05) is 6.92 Å². The van der Waals surface area contributed by atoms with Crippen LogP contribution in [0, 0.1) is 5.82 Å². The van der Waals surface area contributed by atoms with Crippen LogP contribution >= 0.6 is 15.9 Å². The Morgan fingerprint density at radius 3 is 3.00 bits per heavy atom. The maximum absolute atomic E-state index is 12.9. The Morgan fingerprint density at radius 2 is 2.31 bits per heavy atom. The molecule has 0 fully saturated rings. The number of amides is 1. The molecule has 16 heavy (non-hydrogen) atoms. The Balaban J connectivity index is 2.55. The SMILES string of the molecule is CCOCCNC(=O)c1cc(F)ccc1Br. The van der Waals surface area contributed by atoms with E-state index in [2.05, 4.69) is 21.2 Å². The summed E-state index contributed by atoms with van der Waals surface area (Å²) in [4.78, 5) is 11.6. The fraction of sp³-hybridized carbons (Fsp3) is 0.364. The Morgan fingerprint density at radius 1 is 1.56 bits per heavy atom. The first-order chi connectivity index (χ1) is 7.65. The van der Waals surface area contributed by atoms with E-state index in [4.69, 9.17) is 4.74 Å². The molecule has 0 unspecified atom stereocenters. The van der Waals surface area contributed by atoms with Crippen molar-refractivity contribution < 1.29 is 13.9 Å². The molecule has 0 bridgehead atoms. The minimum atomic E-state index is -0.432. The lowest BCUT2D eigenvalue weighted by Crippen LogP contribution is -2.27. The van der Waals surface area contributed by atoms with Gasteiger partial charge in [0.1, 0.15) is 5.82 Å². The number of ether oxygens (including phenoxy) is 1. The molecule has 5 heteroatoms. The van der Waals surface area contributed by atoms with Gasteiger partial charge in [0, 0.05) is 17.6 Å². The average molecular weight is 290 g/mol. The number of nitrogens with one attached hydrogen (secondary N) is 1. The molecule has 0 radical (unpaired) electrons. The Hall–Kier alpha value is -0.940. The van der Waals surface area contributed by atoms with E-state index in [9.17, 15) is 9.18 Å². The van der Waals surface area contributed by atoms with Crippen molar-refractivity contribution in [1.29, 1.82) is 0 Å². The largest absolute Gasteiger partial charge is 0.380 e. The number of carbonyl (C=O) groups excluding carboxylic acids is 1. The highest BCUT2D eigenvalue weighted by Gasteiger charge is 2.10. The monoisotopic (exact) mass is 289 g/mol. The molecular weight excluding hydrogens is 277 g/mol. The maximum Gasteiger partial charge on any atom is 0.252 e. The van der Waals surface area contributed by atoms with Crippen molar-refractivity contribution >= 4 is 21.8 Å². The predicted molar refractivity (Wildman–Crippen MR) is 62.9 cm³/mol. The summed E-state index contributed by atoms with van der Waals surface area (Å²) in [5.74, 6) is -0.746. The minimum absolute atomic E-state index is 0.288. The molecule has 0 saturated carbocycles. The summed E-state index contributed by atoms with van der Waals surface area (Å²) in [5.41, 5.74) is 0.288. The van der Waals surface area contributed by atoms with Crippen LogP contribution in [0.2, 0.25) is 0 Å². The summed E-state index contributed by atoms with van der Waals surface area (Å²) in [5, 5.41) is 2.64. The maximum atomic E-state index is 12.9. The summed E-state index contributed by atoms with van der Waals surface area (Å²) >= 11 is 3.19. The summed E-state index contributed by atoms with van der Waals surface area (Å²) in [6, 6.07) is 3.99. The molecule has 1 N–H and O–H groups in total. The number of rotatable bonds is 5. The third-order valence-corrected chi connectivity index (χ3v) is 2.60. The van der Waals surface area contributed by atoms with Crippen molar-refractivity contribution in [2.24, 2.45) is 0 Å². The molecule has 88 valence electrons. The van der Waals surface area contributed by atoms with Gasteiger partial charge in [0.05, 0.1) is 12.2 Å². The van der Waals surface area contributed by atoms with E-state index in [0.717, 1.165) is 0 Å². The predicted octanol–water partition coefficient (Wildman–Crippen LogP) is 2.35. The van der Waals surface area contributed by atoms with Crippen LogP contribution < -0.4 is 5.32 Å². The van der Waals surface area contributed by atoms with Gasteiger partial charge in [0.15, 0.2) is 0 Å². The Kier molecular flexibility index (Phi) is 5.42. The summed E-state index contributed by atoms with van der Waals surface area (Å²) < 4.78 is 18.6. The molecular formula is C11H13BrFNO2. The van der Waals surface area contributed by atoms with Crippen molar-refractivity contribution in [2.75, 3.05) is 19.8 Å². The van der Waals surface area contributed by atoms with Crippen LogP contribution in [0.4, 0.5) is 4.39 Å². The van der Waals surface area contributed by atoms with Crippen LogP contribution in [-0.4, -0.2) is 25.7 Å². The minimum Gasteiger partial charge on any atom is -0.380 e. The molecule has 0 aliphatic carbocycles. The van der Waals surface area contributed by atoms with Crippen LogP contribution in [-0.2, 0) is 4.74 Å². The van der Waals surface area contributed by atoms with Crippen LogP contribution in [0.1, 0.15) is 17.3 Å². The highest BCUT2D eigenvalue weighted by molar-refractivity contribution is 9.10. The van der Waals surface area contributed by atoms with Crippen molar-refractivity contribution in [3.63, 3.8) is 0 Å². The normalized spacial score (nSPS) is 10.2. The molecule has 0 saturated heterocycles. The number of halogens is 2. The van der Waals surface area contributed by atoms with Gasteiger partial charge in [-0.2, -0.15) is 0 Å². The van der Waals surface area contributed by atoms with Gasteiger partial charge in [0.2, 0.25) is 0 Å². The molecule has 1 aromatic carbocycles. The van der Waals surface area contributed by atoms with Crippen molar-refractivity contribution in [3.05, 3.63) is 34.1 Å². The van der Waals surface area contributed by atoms with E-state index in [1.54, 1.807) is 0 Å². The van der Waals surface area contributed by atoms with Gasteiger partial charge in [-0.05, 0) is 41.1 Å². The van der Waals surface area contributed by atoms with Crippen LogP contribution in [0.15, 0.2) is 22.7 Å². The standard InChI is InChI=1S/C11H13BrFNO2/c1-2-16-6-5-14-11(15)9-7-8(13)3-4-10(9)12/h3-4,7H,2,5-6H2,1H3,(H,14,15). The van der Waals surface area contributed by atoms with Crippen molar-refractivity contribution in [1.82, 2.24) is 5.32 Å². The second-order valence-corrected chi connectivity index (χ2v) is 3.93. The van der Waals surface area contributed by atoms with Gasteiger partial charge in [-0.15, -0.1) is 0 Å². The quantitative estimate of drug-likeness (QED) is 0.845. The summed E-state index contributed by atoms with van der Waals surface area (Å²) in [6.07, 6.45) is 0. The van der Waals surface area contributed by atoms with Gasteiger partial charge in [-0.1, -0.05) is 0 Å². The topological polar surface area (TPSA) is 38.3 Å². The lowest BCUT2D eigenvalue weighted by atomic mass is 10.2. The van der Waals surface area contributed by atoms with Gasteiger partial charge in [-0.3, -0.25) is 4.79 Å². The molecule has 1 aromatic rings. The first-order valence-electron chi connectivity index (χ1n) is 4.96. The third-order valence-electron chi connectivity index (χ3n) is 1.91. The molecule has 1 amide bonds. The van der Waals surface area contributed by atoms with Crippen LogP contribution in [0.5, 0.6) is 0 Å². The zero-order chi connectivity index (χ0) is 12.0. The van der Waals surface area contributed by atoms with E-state index < -0.39 is 5.82 Å². The van der Waals surface area contributed by atoms with E-state index in [-0.39, 0.29) is 11.5 Å². The average Bonchev–Trinajstić information content (AvgIpc) is 2.27. The number of hydrogen-bond acceptors (Lipinski definition) is 2. The van der Waals surface area contributed by atoms with Crippen molar-refractivity contribution in [3.8, 4) is 0 Å². The molecule has 0 aliphatic rings. The van der Waals surface area contributed by atoms with Crippen LogP contribution in [0.3, 0.4) is 0 Å². The van der Waals surface area contributed by atoms with E-state index in [1.165, 1.54) is 18.2 Å². The van der Waals surface area contributed by atoms with Crippen LogP contribution in [0.25, 0.3) is 0 Å². The second kappa shape index (κ2) is 6.60. The smallest absolute Gasteiger partial charge is 0.252 e. The first-order valence-corrected chi connectivity index (χ1v) is 5.75. The van der Waals surface area contributed by atoms with Gasteiger partial charge >= 0.3 is 0 Å². The Bertz CT molecular complexity index is 371. The molecule has 1 rings (SSSR count). The summed E-state index contributed by atoms with van der Waals surface area (Å²) in [6.45, 7) is 3.36. The van der Waals surface area contributed by atoms with E-state index in [0.29, 0.717) is 24.2 Å². The first kappa shape index (κ1) is 13.1. The highest BCUT2D eigenvalue weighted by atomic mass is 79.9. The number of carbonyl (C=O) groups is 1. The fourth-order valence-corrected chi connectivity index (χ4v) is 1.57. The molecule has 0 spiro atoms. The second-order valence-electron chi connectivity index (χ2n) is 3.08. The zero-order valence-corrected chi connectivity index (χ0v) is 10.5. The number of hydrogen-bond donors (Lipinski definition) is 1. The molecule has 0 aromatic heterocycles. The van der Waals surface area contributed by atoms with E-state index >= 15 is 0 Å².